The SMILES string of the molecule is COCC1CN(c2cccnc2)C(C=O)O1. The number of anilines is 1. The van der Waals surface area contributed by atoms with Crippen LogP contribution in [0.4, 0.5) is 5.69 Å². The quantitative estimate of drug-likeness (QED) is 0.693. The molecule has 86 valence electrons. The van der Waals surface area contributed by atoms with Gasteiger partial charge in [-0.1, -0.05) is 0 Å². The highest BCUT2D eigenvalue weighted by molar-refractivity contribution is 5.64. The molecule has 16 heavy (non-hydrogen) atoms. The summed E-state index contributed by atoms with van der Waals surface area (Å²) in [6.07, 6.45) is 3.60. The van der Waals surface area contributed by atoms with Gasteiger partial charge in [0.15, 0.2) is 12.5 Å². The molecule has 1 fully saturated rings. The predicted molar refractivity (Wildman–Crippen MR) is 58.2 cm³/mol. The van der Waals surface area contributed by atoms with Gasteiger partial charge < -0.3 is 14.4 Å². The summed E-state index contributed by atoms with van der Waals surface area (Å²) >= 11 is 0. The van der Waals surface area contributed by atoms with Gasteiger partial charge in [-0.25, -0.2) is 0 Å². The molecule has 0 saturated carbocycles. The van der Waals surface area contributed by atoms with Crippen molar-refractivity contribution in [3.8, 4) is 0 Å². The Morgan fingerprint density at radius 1 is 1.75 bits per heavy atom. The highest BCUT2D eigenvalue weighted by atomic mass is 16.6. The highest BCUT2D eigenvalue weighted by Crippen LogP contribution is 2.22. The van der Waals surface area contributed by atoms with Gasteiger partial charge in [-0.2, -0.15) is 0 Å². The molecule has 0 aliphatic carbocycles. The fourth-order valence-corrected chi connectivity index (χ4v) is 1.80. The van der Waals surface area contributed by atoms with Gasteiger partial charge >= 0.3 is 0 Å². The first-order valence-corrected chi connectivity index (χ1v) is 5.11. The molecule has 1 aliphatic heterocycles. The minimum absolute atomic E-state index is 0.0691. The zero-order valence-electron chi connectivity index (χ0n) is 9.07. The Morgan fingerprint density at radius 2 is 2.62 bits per heavy atom. The van der Waals surface area contributed by atoms with E-state index in [9.17, 15) is 4.79 Å². The third-order valence-electron chi connectivity index (χ3n) is 2.49. The van der Waals surface area contributed by atoms with Crippen LogP contribution in [0.2, 0.25) is 0 Å². The Labute approximate surface area is 94.0 Å². The van der Waals surface area contributed by atoms with Crippen molar-refractivity contribution in [1.82, 2.24) is 4.98 Å². The van der Waals surface area contributed by atoms with Crippen molar-refractivity contribution in [1.29, 1.82) is 0 Å². The number of methoxy groups -OCH3 is 1. The van der Waals surface area contributed by atoms with Crippen LogP contribution in [0.15, 0.2) is 24.5 Å². The van der Waals surface area contributed by atoms with Crippen molar-refractivity contribution in [3.05, 3.63) is 24.5 Å². The van der Waals surface area contributed by atoms with Crippen LogP contribution in [0.1, 0.15) is 0 Å². The van der Waals surface area contributed by atoms with Gasteiger partial charge in [0.1, 0.15) is 6.10 Å². The van der Waals surface area contributed by atoms with E-state index >= 15 is 0 Å². The standard InChI is InChI=1S/C11H14N2O3/c1-15-8-10-6-13(11(7-14)16-10)9-3-2-4-12-5-9/h2-5,7,10-11H,6,8H2,1H3. The monoisotopic (exact) mass is 222 g/mol. The second kappa shape index (κ2) is 5.05. The van der Waals surface area contributed by atoms with E-state index in [4.69, 9.17) is 9.47 Å². The Morgan fingerprint density at radius 3 is 3.25 bits per heavy atom. The molecule has 1 aliphatic rings. The molecule has 5 nitrogen and oxygen atoms in total. The number of carbonyl (C=O) groups is 1. The van der Waals surface area contributed by atoms with Crippen LogP contribution in [0.25, 0.3) is 0 Å². The van der Waals surface area contributed by atoms with E-state index in [1.807, 2.05) is 17.0 Å². The number of hydrogen-bond donors (Lipinski definition) is 0. The highest BCUT2D eigenvalue weighted by Gasteiger charge is 2.32. The maximum Gasteiger partial charge on any atom is 0.187 e. The molecule has 1 saturated heterocycles. The van der Waals surface area contributed by atoms with E-state index in [0.717, 1.165) is 12.0 Å². The molecule has 0 radical (unpaired) electrons. The summed E-state index contributed by atoms with van der Waals surface area (Å²) in [6.45, 7) is 1.13. The molecule has 0 spiro atoms. The first kappa shape index (κ1) is 11.0. The van der Waals surface area contributed by atoms with Gasteiger partial charge in [-0.3, -0.25) is 9.78 Å². The van der Waals surface area contributed by atoms with Gasteiger partial charge in [0.25, 0.3) is 0 Å². The minimum Gasteiger partial charge on any atom is -0.382 e. The lowest BCUT2D eigenvalue weighted by atomic mass is 10.3. The number of pyridine rings is 1. The molecule has 0 bridgehead atoms. The number of nitrogens with zero attached hydrogens (tertiary/aromatic N) is 2. The second-order valence-corrected chi connectivity index (χ2v) is 3.60. The van der Waals surface area contributed by atoms with Gasteiger partial charge in [0.05, 0.1) is 18.5 Å². The third kappa shape index (κ3) is 2.20. The Kier molecular flexibility index (Phi) is 3.48. The van der Waals surface area contributed by atoms with Crippen molar-refractivity contribution in [2.75, 3.05) is 25.2 Å². The van der Waals surface area contributed by atoms with E-state index in [2.05, 4.69) is 4.98 Å². The van der Waals surface area contributed by atoms with Crippen LogP contribution in [-0.2, 0) is 14.3 Å². The van der Waals surface area contributed by atoms with E-state index in [-0.39, 0.29) is 6.10 Å². The summed E-state index contributed by atoms with van der Waals surface area (Å²) in [4.78, 5) is 16.8. The van der Waals surface area contributed by atoms with Crippen LogP contribution >= 0.6 is 0 Å². The molecule has 0 N–H and O–H groups in total. The number of ether oxygens (including phenoxy) is 2. The van der Waals surface area contributed by atoms with E-state index in [1.165, 1.54) is 0 Å². The van der Waals surface area contributed by atoms with Crippen molar-refractivity contribution in [2.45, 2.75) is 12.3 Å². The average molecular weight is 222 g/mol. The van der Waals surface area contributed by atoms with E-state index in [1.54, 1.807) is 19.5 Å². The second-order valence-electron chi connectivity index (χ2n) is 3.60. The summed E-state index contributed by atoms with van der Waals surface area (Å²) < 4.78 is 10.5. The summed E-state index contributed by atoms with van der Waals surface area (Å²) in [7, 11) is 1.62. The molecule has 2 atom stereocenters. The van der Waals surface area contributed by atoms with Crippen LogP contribution in [0.5, 0.6) is 0 Å². The van der Waals surface area contributed by atoms with Crippen molar-refractivity contribution in [2.24, 2.45) is 0 Å². The Bertz CT molecular complexity index is 344. The molecule has 0 amide bonds. The molecular formula is C11H14N2O3. The number of aromatic nitrogens is 1. The summed E-state index contributed by atoms with van der Waals surface area (Å²) in [5.74, 6) is 0. The number of hydrogen-bond acceptors (Lipinski definition) is 5. The predicted octanol–water partition coefficient (Wildman–Crippen LogP) is 0.458. The molecule has 0 aromatic carbocycles. The van der Waals surface area contributed by atoms with Crippen molar-refractivity contribution in [3.63, 3.8) is 0 Å². The maximum absolute atomic E-state index is 10.9. The summed E-state index contributed by atoms with van der Waals surface area (Å²) in [6, 6.07) is 3.74. The fourth-order valence-electron chi connectivity index (χ4n) is 1.80. The first-order valence-electron chi connectivity index (χ1n) is 5.11. The Hall–Kier alpha value is -1.46. The lowest BCUT2D eigenvalue weighted by Crippen LogP contribution is -2.31. The number of rotatable bonds is 4. The maximum atomic E-state index is 10.9. The topological polar surface area (TPSA) is 51.7 Å². The largest absolute Gasteiger partial charge is 0.382 e. The van der Waals surface area contributed by atoms with Crippen LogP contribution in [0.3, 0.4) is 0 Å². The molecule has 2 unspecified atom stereocenters. The summed E-state index contributed by atoms with van der Waals surface area (Å²) in [5, 5.41) is 0. The molecule has 2 rings (SSSR count). The smallest absolute Gasteiger partial charge is 0.187 e. The van der Waals surface area contributed by atoms with Crippen molar-refractivity contribution >= 4 is 12.0 Å². The van der Waals surface area contributed by atoms with Crippen LogP contribution in [0, 0.1) is 0 Å². The van der Waals surface area contributed by atoms with E-state index in [0.29, 0.717) is 13.2 Å². The lowest BCUT2D eigenvalue weighted by molar-refractivity contribution is -0.118. The minimum atomic E-state index is -0.538. The number of aldehydes is 1. The van der Waals surface area contributed by atoms with Gasteiger partial charge in [0.2, 0.25) is 0 Å². The first-order chi connectivity index (χ1) is 7.85. The molecule has 2 heterocycles. The van der Waals surface area contributed by atoms with Crippen LogP contribution in [-0.4, -0.2) is 43.9 Å². The summed E-state index contributed by atoms with van der Waals surface area (Å²) in [5.41, 5.74) is 0.887. The number of carbonyl (C=O) groups excluding carboxylic acids is 1. The lowest BCUT2D eigenvalue weighted by Gasteiger charge is -2.19. The Balaban J connectivity index is 2.12. The zero-order valence-corrected chi connectivity index (χ0v) is 9.07. The molecular weight excluding hydrogens is 208 g/mol. The normalized spacial score (nSPS) is 24.7. The third-order valence-corrected chi connectivity index (χ3v) is 2.49. The molecule has 5 heteroatoms. The average Bonchev–Trinajstić information content (AvgIpc) is 2.74. The van der Waals surface area contributed by atoms with Crippen molar-refractivity contribution < 1.29 is 14.3 Å². The van der Waals surface area contributed by atoms with Gasteiger partial charge in [-0.05, 0) is 12.1 Å². The van der Waals surface area contributed by atoms with E-state index < -0.39 is 6.23 Å². The molecule has 1 aromatic rings. The van der Waals surface area contributed by atoms with Crippen LogP contribution < -0.4 is 4.90 Å². The van der Waals surface area contributed by atoms with Gasteiger partial charge in [-0.15, -0.1) is 0 Å². The molecule has 1 aromatic heterocycles. The fraction of sp³-hybridized carbons (Fsp3) is 0.455. The van der Waals surface area contributed by atoms with Gasteiger partial charge in [0, 0.05) is 19.9 Å². The zero-order chi connectivity index (χ0) is 11.4.